The fourth-order valence-corrected chi connectivity index (χ4v) is 4.56. The summed E-state index contributed by atoms with van der Waals surface area (Å²) >= 11 is 1.37. The number of carbonyl (C=O) groups excluding carboxylic acids is 1. The Morgan fingerprint density at radius 2 is 1.69 bits per heavy atom. The fourth-order valence-electron chi connectivity index (χ4n) is 3.44. The van der Waals surface area contributed by atoms with Crippen LogP contribution in [0.2, 0.25) is 0 Å². The van der Waals surface area contributed by atoms with Crippen LogP contribution in [0, 0.1) is 17.0 Å². The third kappa shape index (κ3) is 5.96. The number of benzene rings is 3. The van der Waals surface area contributed by atoms with E-state index in [2.05, 4.69) is 0 Å². The third-order valence-electron chi connectivity index (χ3n) is 5.34. The Labute approximate surface area is 208 Å². The van der Waals surface area contributed by atoms with Crippen molar-refractivity contribution in [3.05, 3.63) is 105 Å². The van der Waals surface area contributed by atoms with Gasteiger partial charge in [0.15, 0.2) is 5.17 Å². The van der Waals surface area contributed by atoms with Crippen molar-refractivity contribution in [3.8, 4) is 5.75 Å². The summed E-state index contributed by atoms with van der Waals surface area (Å²) in [5, 5.41) is 11.4. The minimum Gasteiger partial charge on any atom is -0.489 e. The molecule has 0 spiro atoms. The van der Waals surface area contributed by atoms with Gasteiger partial charge in [-0.25, -0.2) is 4.99 Å². The van der Waals surface area contributed by atoms with Crippen molar-refractivity contribution in [2.24, 2.45) is 4.99 Å². The Bertz CT molecular complexity index is 1280. The molecule has 1 aliphatic heterocycles. The van der Waals surface area contributed by atoms with Gasteiger partial charge in [0.25, 0.3) is 11.6 Å². The van der Waals surface area contributed by atoms with E-state index < -0.39 is 4.92 Å². The predicted octanol–water partition coefficient (Wildman–Crippen LogP) is 6.49. The molecular weight excluding hydrogens is 462 g/mol. The number of ether oxygens (including phenoxy) is 1. The zero-order valence-electron chi connectivity index (χ0n) is 19.7. The van der Waals surface area contributed by atoms with Crippen molar-refractivity contribution < 1.29 is 14.5 Å². The number of thioether (sulfide) groups is 1. The van der Waals surface area contributed by atoms with Crippen LogP contribution < -0.4 is 4.74 Å². The zero-order valence-corrected chi connectivity index (χ0v) is 20.5. The van der Waals surface area contributed by atoms with Gasteiger partial charge in [0, 0.05) is 18.2 Å². The van der Waals surface area contributed by atoms with Crippen molar-refractivity contribution in [2.75, 3.05) is 0 Å². The van der Waals surface area contributed by atoms with E-state index in [4.69, 9.17) is 9.73 Å². The normalized spacial score (nSPS) is 15.9. The van der Waals surface area contributed by atoms with E-state index in [1.165, 1.54) is 23.9 Å². The number of amides is 1. The van der Waals surface area contributed by atoms with Crippen LogP contribution in [0.1, 0.15) is 30.5 Å². The minimum atomic E-state index is -0.428. The molecule has 1 heterocycles. The molecule has 3 aromatic carbocycles. The summed E-state index contributed by atoms with van der Waals surface area (Å²) in [6, 6.07) is 21.6. The summed E-state index contributed by atoms with van der Waals surface area (Å²) in [4.78, 5) is 30.5. The molecule has 35 heavy (non-hydrogen) atoms. The van der Waals surface area contributed by atoms with Gasteiger partial charge in [0.1, 0.15) is 12.4 Å². The van der Waals surface area contributed by atoms with Crippen molar-refractivity contribution in [2.45, 2.75) is 33.4 Å². The number of rotatable bonds is 7. The van der Waals surface area contributed by atoms with E-state index in [1.54, 1.807) is 17.0 Å². The van der Waals surface area contributed by atoms with E-state index in [1.807, 2.05) is 75.4 Å². The number of carbonyl (C=O) groups is 1. The number of hydrogen-bond acceptors (Lipinski definition) is 6. The Morgan fingerprint density at radius 1 is 1.03 bits per heavy atom. The van der Waals surface area contributed by atoms with Gasteiger partial charge in [0.05, 0.1) is 15.5 Å². The molecule has 0 atom stereocenters. The van der Waals surface area contributed by atoms with Crippen LogP contribution in [-0.4, -0.2) is 26.9 Å². The van der Waals surface area contributed by atoms with E-state index >= 15 is 0 Å². The molecule has 1 aliphatic rings. The number of aryl methyl sites for hydroxylation is 1. The lowest BCUT2D eigenvalue weighted by Crippen LogP contribution is -2.35. The molecule has 0 N–H and O–H groups in total. The highest BCUT2D eigenvalue weighted by Crippen LogP contribution is 2.35. The smallest absolute Gasteiger partial charge is 0.269 e. The number of amidine groups is 1. The van der Waals surface area contributed by atoms with Gasteiger partial charge in [-0.3, -0.25) is 19.8 Å². The second-order valence-electron chi connectivity index (χ2n) is 8.39. The standard InChI is InChI=1S/C27H25N3O4S/c1-18(2)29-26(31)25(35-27(29)28-22-10-4-19(3)5-11-22)16-20-8-14-24(15-9-20)34-17-21-6-12-23(13-7-21)30(32)33/h4-16,18H,17H2,1-3H3/b25-16+,28-27?. The Balaban J connectivity index is 1.46. The lowest BCUT2D eigenvalue weighted by molar-refractivity contribution is -0.384. The summed E-state index contributed by atoms with van der Waals surface area (Å²) in [6.45, 7) is 6.28. The molecule has 0 saturated carbocycles. The molecule has 8 heteroatoms. The first-order chi connectivity index (χ1) is 16.8. The Kier molecular flexibility index (Phi) is 7.31. The van der Waals surface area contributed by atoms with Crippen molar-refractivity contribution >= 4 is 40.3 Å². The maximum atomic E-state index is 13.1. The monoisotopic (exact) mass is 487 g/mol. The van der Waals surface area contributed by atoms with Crippen LogP contribution in [0.15, 0.2) is 82.7 Å². The third-order valence-corrected chi connectivity index (χ3v) is 6.33. The highest BCUT2D eigenvalue weighted by atomic mass is 32.2. The molecule has 1 saturated heterocycles. The average molecular weight is 488 g/mol. The van der Waals surface area contributed by atoms with Gasteiger partial charge >= 0.3 is 0 Å². The highest BCUT2D eigenvalue weighted by molar-refractivity contribution is 8.18. The number of nitrogens with zero attached hydrogens (tertiary/aromatic N) is 3. The van der Waals surface area contributed by atoms with Gasteiger partial charge in [-0.1, -0.05) is 29.8 Å². The molecular formula is C27H25N3O4S. The summed E-state index contributed by atoms with van der Waals surface area (Å²) < 4.78 is 5.79. The molecule has 3 aromatic rings. The first-order valence-electron chi connectivity index (χ1n) is 11.1. The lowest BCUT2D eigenvalue weighted by atomic mass is 10.2. The summed E-state index contributed by atoms with van der Waals surface area (Å²) in [5.74, 6) is 0.607. The van der Waals surface area contributed by atoms with Crippen molar-refractivity contribution in [3.63, 3.8) is 0 Å². The zero-order chi connectivity index (χ0) is 24.9. The highest BCUT2D eigenvalue weighted by Gasteiger charge is 2.35. The number of nitro groups is 1. The van der Waals surface area contributed by atoms with Crippen LogP contribution in [-0.2, 0) is 11.4 Å². The average Bonchev–Trinajstić information content (AvgIpc) is 3.14. The molecule has 0 radical (unpaired) electrons. The number of non-ortho nitro benzene ring substituents is 1. The van der Waals surface area contributed by atoms with E-state index in [0.29, 0.717) is 22.4 Å². The molecule has 1 fully saturated rings. The summed E-state index contributed by atoms with van der Waals surface area (Å²) in [7, 11) is 0. The second kappa shape index (κ2) is 10.6. The lowest BCUT2D eigenvalue weighted by Gasteiger charge is -2.19. The van der Waals surface area contributed by atoms with Crippen LogP contribution in [0.25, 0.3) is 6.08 Å². The van der Waals surface area contributed by atoms with Crippen LogP contribution >= 0.6 is 11.8 Å². The molecule has 178 valence electrons. The van der Waals surface area contributed by atoms with Crippen LogP contribution in [0.3, 0.4) is 0 Å². The number of aliphatic imine (C=N–C) groups is 1. The molecule has 7 nitrogen and oxygen atoms in total. The molecule has 4 rings (SSSR count). The molecule has 0 aliphatic carbocycles. The van der Waals surface area contributed by atoms with E-state index in [0.717, 1.165) is 22.4 Å². The van der Waals surface area contributed by atoms with Gasteiger partial charge in [-0.05, 0) is 86.1 Å². The minimum absolute atomic E-state index is 0.0136. The molecule has 0 unspecified atom stereocenters. The molecule has 0 bridgehead atoms. The summed E-state index contributed by atoms with van der Waals surface area (Å²) in [5.41, 5.74) is 3.74. The van der Waals surface area contributed by atoms with Crippen molar-refractivity contribution in [1.82, 2.24) is 4.90 Å². The predicted molar refractivity (Wildman–Crippen MR) is 140 cm³/mol. The first-order valence-corrected chi connectivity index (χ1v) is 12.0. The van der Waals surface area contributed by atoms with Gasteiger partial charge in [0.2, 0.25) is 0 Å². The van der Waals surface area contributed by atoms with Crippen LogP contribution in [0.5, 0.6) is 5.75 Å². The largest absolute Gasteiger partial charge is 0.489 e. The second-order valence-corrected chi connectivity index (χ2v) is 9.40. The SMILES string of the molecule is Cc1ccc(N=C2S/C(=C/c3ccc(OCc4ccc([N+](=O)[O-])cc4)cc3)C(=O)N2C(C)C)cc1. The topological polar surface area (TPSA) is 85.0 Å². The quantitative estimate of drug-likeness (QED) is 0.216. The maximum Gasteiger partial charge on any atom is 0.269 e. The van der Waals surface area contributed by atoms with E-state index in [9.17, 15) is 14.9 Å². The molecule has 0 aromatic heterocycles. The molecule has 1 amide bonds. The Morgan fingerprint density at radius 3 is 2.29 bits per heavy atom. The van der Waals surface area contributed by atoms with Gasteiger partial charge in [-0.15, -0.1) is 0 Å². The maximum absolute atomic E-state index is 13.1. The first kappa shape index (κ1) is 24.2. The fraction of sp³-hybridized carbons (Fsp3) is 0.185. The Hall–Kier alpha value is -3.91. The van der Waals surface area contributed by atoms with E-state index in [-0.39, 0.29) is 17.6 Å². The summed E-state index contributed by atoms with van der Waals surface area (Å²) in [6.07, 6.45) is 1.86. The van der Waals surface area contributed by atoms with Gasteiger partial charge in [-0.2, -0.15) is 0 Å². The number of hydrogen-bond donors (Lipinski definition) is 0. The number of nitro benzene ring substituents is 1. The van der Waals surface area contributed by atoms with Gasteiger partial charge < -0.3 is 4.74 Å². The van der Waals surface area contributed by atoms with Crippen LogP contribution in [0.4, 0.5) is 11.4 Å². The van der Waals surface area contributed by atoms with Crippen molar-refractivity contribution in [1.29, 1.82) is 0 Å².